The van der Waals surface area contributed by atoms with E-state index in [-0.39, 0.29) is 0 Å². The van der Waals surface area contributed by atoms with Crippen LogP contribution in [0.3, 0.4) is 0 Å². The first-order chi connectivity index (χ1) is 13.6. The Morgan fingerprint density at radius 3 is 1.96 bits per heavy atom. The van der Waals surface area contributed by atoms with Gasteiger partial charge in [0.2, 0.25) is 5.75 Å². The predicted molar refractivity (Wildman–Crippen MR) is 114 cm³/mol. The first kappa shape index (κ1) is 21.8. The van der Waals surface area contributed by atoms with E-state index in [0.29, 0.717) is 23.3 Å². The van der Waals surface area contributed by atoms with Crippen molar-refractivity contribution in [1.82, 2.24) is 9.97 Å². The highest BCUT2D eigenvalue weighted by molar-refractivity contribution is 5.76. The molecule has 0 atom stereocenters. The van der Waals surface area contributed by atoms with Crippen molar-refractivity contribution < 1.29 is 14.2 Å². The van der Waals surface area contributed by atoms with Crippen LogP contribution in [0.1, 0.15) is 51.9 Å². The molecule has 2 aromatic rings. The normalized spacial score (nSPS) is 10.9. The summed E-state index contributed by atoms with van der Waals surface area (Å²) in [7, 11) is 4.85. The zero-order valence-electron chi connectivity index (χ0n) is 18.2. The standard InChI is InChI=1S/C22H33N3O3/c1-8-14(9-2)23-22-17(11-4)24-19(16(10-3)25-22)15-12-13-18(26-5)21(28-7)20(15)27-6/h12-14H,8-11H2,1-7H3,(H,23,25). The minimum absolute atomic E-state index is 0.394. The van der Waals surface area contributed by atoms with Gasteiger partial charge in [-0.15, -0.1) is 0 Å². The van der Waals surface area contributed by atoms with E-state index >= 15 is 0 Å². The van der Waals surface area contributed by atoms with Crippen LogP contribution >= 0.6 is 0 Å². The van der Waals surface area contributed by atoms with Gasteiger partial charge in [0.15, 0.2) is 11.5 Å². The molecular formula is C22H33N3O3. The largest absolute Gasteiger partial charge is 0.493 e. The van der Waals surface area contributed by atoms with Crippen LogP contribution in [-0.4, -0.2) is 37.3 Å². The summed E-state index contributed by atoms with van der Waals surface area (Å²) in [6.07, 6.45) is 3.66. The van der Waals surface area contributed by atoms with Crippen LogP contribution in [0.15, 0.2) is 12.1 Å². The van der Waals surface area contributed by atoms with Gasteiger partial charge in [-0.1, -0.05) is 27.7 Å². The van der Waals surface area contributed by atoms with Crippen molar-refractivity contribution >= 4 is 5.82 Å². The molecule has 0 fully saturated rings. The van der Waals surface area contributed by atoms with Crippen LogP contribution in [0.4, 0.5) is 5.82 Å². The molecule has 0 aliphatic carbocycles. The Morgan fingerprint density at radius 1 is 0.821 bits per heavy atom. The Bertz CT molecular complexity index is 789. The van der Waals surface area contributed by atoms with Gasteiger partial charge < -0.3 is 19.5 Å². The van der Waals surface area contributed by atoms with E-state index in [9.17, 15) is 0 Å². The number of anilines is 1. The topological polar surface area (TPSA) is 65.5 Å². The highest BCUT2D eigenvalue weighted by Gasteiger charge is 2.22. The van der Waals surface area contributed by atoms with E-state index in [2.05, 4.69) is 33.0 Å². The molecule has 1 aromatic heterocycles. The predicted octanol–water partition coefficient (Wildman–Crippen LogP) is 4.89. The SMILES string of the molecule is CCc1nc(-c2ccc(OC)c(OC)c2OC)c(CC)nc1NC(CC)CC. The molecule has 0 spiro atoms. The molecule has 0 aliphatic rings. The molecule has 6 heteroatoms. The summed E-state index contributed by atoms with van der Waals surface area (Å²) in [5.74, 6) is 2.67. The van der Waals surface area contributed by atoms with Crippen molar-refractivity contribution in [3.63, 3.8) is 0 Å². The molecule has 1 N–H and O–H groups in total. The lowest BCUT2D eigenvalue weighted by Gasteiger charge is -2.21. The molecule has 0 unspecified atom stereocenters. The van der Waals surface area contributed by atoms with Gasteiger partial charge in [-0.25, -0.2) is 9.97 Å². The zero-order valence-corrected chi connectivity index (χ0v) is 18.2. The number of hydrogen-bond donors (Lipinski definition) is 1. The molecule has 1 heterocycles. The molecule has 0 radical (unpaired) electrons. The van der Waals surface area contributed by atoms with Crippen molar-refractivity contribution in [2.24, 2.45) is 0 Å². The van der Waals surface area contributed by atoms with Crippen LogP contribution in [0.5, 0.6) is 17.2 Å². The molecular weight excluding hydrogens is 354 g/mol. The van der Waals surface area contributed by atoms with E-state index in [0.717, 1.165) is 54.1 Å². The van der Waals surface area contributed by atoms with Gasteiger partial charge in [0.05, 0.1) is 38.4 Å². The summed E-state index contributed by atoms with van der Waals surface area (Å²) in [5, 5.41) is 3.57. The summed E-state index contributed by atoms with van der Waals surface area (Å²) in [6.45, 7) is 8.56. The second-order valence-electron chi connectivity index (χ2n) is 6.56. The summed E-state index contributed by atoms with van der Waals surface area (Å²) >= 11 is 0. The van der Waals surface area contributed by atoms with Gasteiger partial charge >= 0.3 is 0 Å². The van der Waals surface area contributed by atoms with Crippen molar-refractivity contribution in [2.75, 3.05) is 26.6 Å². The number of nitrogens with one attached hydrogen (secondary N) is 1. The Labute approximate surface area is 168 Å². The Morgan fingerprint density at radius 2 is 1.46 bits per heavy atom. The lowest BCUT2D eigenvalue weighted by atomic mass is 10.0. The Balaban J connectivity index is 2.66. The Kier molecular flexibility index (Phi) is 7.91. The van der Waals surface area contributed by atoms with Crippen molar-refractivity contribution in [2.45, 2.75) is 59.4 Å². The second kappa shape index (κ2) is 10.2. The lowest BCUT2D eigenvalue weighted by Crippen LogP contribution is -2.20. The van der Waals surface area contributed by atoms with Gasteiger partial charge in [0, 0.05) is 11.6 Å². The summed E-state index contributed by atoms with van der Waals surface area (Å²) < 4.78 is 16.6. The third-order valence-corrected chi connectivity index (χ3v) is 5.00. The van der Waals surface area contributed by atoms with Crippen LogP contribution in [-0.2, 0) is 12.8 Å². The minimum atomic E-state index is 0.394. The van der Waals surface area contributed by atoms with Gasteiger partial charge in [-0.3, -0.25) is 0 Å². The Hall–Kier alpha value is -2.50. The molecule has 2 rings (SSSR count). The molecule has 0 saturated heterocycles. The van der Waals surface area contributed by atoms with E-state index in [4.69, 9.17) is 24.2 Å². The fourth-order valence-electron chi connectivity index (χ4n) is 3.30. The molecule has 154 valence electrons. The maximum absolute atomic E-state index is 5.68. The molecule has 0 saturated carbocycles. The van der Waals surface area contributed by atoms with Crippen LogP contribution < -0.4 is 19.5 Å². The van der Waals surface area contributed by atoms with Crippen LogP contribution in [0, 0.1) is 0 Å². The van der Waals surface area contributed by atoms with Gasteiger partial charge in [-0.05, 0) is 37.8 Å². The lowest BCUT2D eigenvalue weighted by molar-refractivity contribution is 0.325. The zero-order chi connectivity index (χ0) is 20.7. The molecule has 1 aromatic carbocycles. The van der Waals surface area contributed by atoms with E-state index in [1.54, 1.807) is 21.3 Å². The average molecular weight is 388 g/mol. The maximum Gasteiger partial charge on any atom is 0.203 e. The van der Waals surface area contributed by atoms with Crippen LogP contribution in [0.2, 0.25) is 0 Å². The number of aromatic nitrogens is 2. The fraction of sp³-hybridized carbons (Fsp3) is 0.545. The minimum Gasteiger partial charge on any atom is -0.493 e. The van der Waals surface area contributed by atoms with E-state index in [1.807, 2.05) is 12.1 Å². The molecule has 0 aliphatic heterocycles. The smallest absolute Gasteiger partial charge is 0.203 e. The number of benzene rings is 1. The van der Waals surface area contributed by atoms with E-state index in [1.165, 1.54) is 0 Å². The van der Waals surface area contributed by atoms with Crippen molar-refractivity contribution in [3.05, 3.63) is 23.5 Å². The second-order valence-corrected chi connectivity index (χ2v) is 6.56. The monoisotopic (exact) mass is 387 g/mol. The molecule has 0 amide bonds. The van der Waals surface area contributed by atoms with E-state index < -0.39 is 0 Å². The average Bonchev–Trinajstić information content (AvgIpc) is 2.75. The number of ether oxygens (including phenoxy) is 3. The highest BCUT2D eigenvalue weighted by atomic mass is 16.5. The maximum atomic E-state index is 5.68. The molecule has 6 nitrogen and oxygen atoms in total. The quantitative estimate of drug-likeness (QED) is 0.626. The third kappa shape index (κ3) is 4.32. The van der Waals surface area contributed by atoms with Crippen molar-refractivity contribution in [1.29, 1.82) is 0 Å². The number of rotatable bonds is 10. The number of methoxy groups -OCH3 is 3. The number of aryl methyl sites for hydroxylation is 2. The summed E-state index contributed by atoms with van der Waals surface area (Å²) in [5.41, 5.74) is 3.56. The van der Waals surface area contributed by atoms with Crippen LogP contribution in [0.25, 0.3) is 11.3 Å². The molecule has 28 heavy (non-hydrogen) atoms. The van der Waals surface area contributed by atoms with Gasteiger partial charge in [0.25, 0.3) is 0 Å². The number of hydrogen-bond acceptors (Lipinski definition) is 6. The molecule has 0 bridgehead atoms. The van der Waals surface area contributed by atoms with Gasteiger partial charge in [-0.2, -0.15) is 0 Å². The fourth-order valence-corrected chi connectivity index (χ4v) is 3.30. The third-order valence-electron chi connectivity index (χ3n) is 5.00. The summed E-state index contributed by atoms with van der Waals surface area (Å²) in [6, 6.07) is 4.22. The van der Waals surface area contributed by atoms with Crippen molar-refractivity contribution in [3.8, 4) is 28.5 Å². The first-order valence-corrected chi connectivity index (χ1v) is 10.0. The summed E-state index contributed by atoms with van der Waals surface area (Å²) in [4.78, 5) is 9.94. The highest BCUT2D eigenvalue weighted by Crippen LogP contribution is 2.44. The van der Waals surface area contributed by atoms with Gasteiger partial charge in [0.1, 0.15) is 5.82 Å². The number of nitrogens with zero attached hydrogens (tertiary/aromatic N) is 2. The first-order valence-electron chi connectivity index (χ1n) is 10.0.